The van der Waals surface area contributed by atoms with E-state index >= 15 is 0 Å². The van der Waals surface area contributed by atoms with Crippen LogP contribution in [-0.2, 0) is 4.79 Å². The van der Waals surface area contributed by atoms with Crippen LogP contribution in [0.2, 0.25) is 0 Å². The minimum atomic E-state index is -1.00. The zero-order valence-electron chi connectivity index (χ0n) is 12.0. The Hall–Kier alpha value is -0.910. The van der Waals surface area contributed by atoms with Gasteiger partial charge < -0.3 is 15.7 Å². The van der Waals surface area contributed by atoms with Crippen LogP contribution < -0.4 is 10.6 Å². The molecule has 0 aromatic carbocycles. The van der Waals surface area contributed by atoms with Crippen molar-refractivity contribution in [2.75, 3.05) is 6.26 Å². The zero-order chi connectivity index (χ0) is 14.6. The lowest BCUT2D eigenvalue weighted by Crippen LogP contribution is -2.54. The van der Waals surface area contributed by atoms with Crippen molar-refractivity contribution in [2.24, 2.45) is 5.41 Å². The number of carboxylic acids is 1. The fraction of sp³-hybridized carbons (Fsp3) is 0.846. The number of amides is 2. The molecule has 1 rings (SSSR count). The SMILES string of the molecule is CSC1CCCC1NC(=O)NC(C(=O)O)C(C)(C)C. The molecule has 1 aliphatic carbocycles. The lowest BCUT2D eigenvalue weighted by Gasteiger charge is -2.29. The molecule has 0 spiro atoms. The molecule has 19 heavy (non-hydrogen) atoms. The first-order valence-electron chi connectivity index (χ1n) is 6.58. The lowest BCUT2D eigenvalue weighted by molar-refractivity contribution is -0.141. The number of carboxylic acid groups (broad SMARTS) is 1. The van der Waals surface area contributed by atoms with Crippen molar-refractivity contribution in [3.05, 3.63) is 0 Å². The summed E-state index contributed by atoms with van der Waals surface area (Å²) in [4.78, 5) is 23.1. The summed E-state index contributed by atoms with van der Waals surface area (Å²) < 4.78 is 0. The molecule has 3 unspecified atom stereocenters. The molecule has 3 atom stereocenters. The van der Waals surface area contributed by atoms with Crippen molar-refractivity contribution in [1.82, 2.24) is 10.6 Å². The Kier molecular flexibility index (Phi) is 5.52. The summed E-state index contributed by atoms with van der Waals surface area (Å²) in [6.07, 6.45) is 5.22. The predicted octanol–water partition coefficient (Wildman–Crippen LogP) is 2.07. The average molecular weight is 288 g/mol. The number of aliphatic carboxylic acids is 1. The molecule has 0 aromatic rings. The summed E-state index contributed by atoms with van der Waals surface area (Å²) in [7, 11) is 0. The zero-order valence-corrected chi connectivity index (χ0v) is 12.8. The number of nitrogens with one attached hydrogen (secondary N) is 2. The van der Waals surface area contributed by atoms with Crippen molar-refractivity contribution in [1.29, 1.82) is 0 Å². The van der Waals surface area contributed by atoms with Crippen molar-refractivity contribution in [3.63, 3.8) is 0 Å². The summed E-state index contributed by atoms with van der Waals surface area (Å²) in [6.45, 7) is 5.39. The Morgan fingerprint density at radius 2 is 1.95 bits per heavy atom. The van der Waals surface area contributed by atoms with Gasteiger partial charge in [0.1, 0.15) is 6.04 Å². The van der Waals surface area contributed by atoms with Gasteiger partial charge in [-0.3, -0.25) is 0 Å². The average Bonchev–Trinajstić information content (AvgIpc) is 2.71. The second-order valence-corrected chi connectivity index (χ2v) is 7.14. The first kappa shape index (κ1) is 16.1. The summed E-state index contributed by atoms with van der Waals surface area (Å²) >= 11 is 1.75. The third-order valence-corrected chi connectivity index (χ3v) is 4.63. The van der Waals surface area contributed by atoms with E-state index in [1.165, 1.54) is 0 Å². The van der Waals surface area contributed by atoms with Crippen LogP contribution in [0.3, 0.4) is 0 Å². The molecule has 1 aliphatic rings. The fourth-order valence-electron chi connectivity index (χ4n) is 2.36. The van der Waals surface area contributed by atoms with Crippen molar-refractivity contribution >= 4 is 23.8 Å². The molecule has 1 saturated carbocycles. The topological polar surface area (TPSA) is 78.4 Å². The second kappa shape index (κ2) is 6.50. The number of urea groups is 1. The van der Waals surface area contributed by atoms with E-state index < -0.39 is 17.4 Å². The maximum Gasteiger partial charge on any atom is 0.326 e. The Morgan fingerprint density at radius 1 is 1.32 bits per heavy atom. The Morgan fingerprint density at radius 3 is 2.42 bits per heavy atom. The molecule has 3 N–H and O–H groups in total. The highest BCUT2D eigenvalue weighted by atomic mass is 32.2. The normalized spacial score (nSPS) is 24.8. The van der Waals surface area contributed by atoms with Crippen LogP contribution in [0.1, 0.15) is 40.0 Å². The molecule has 0 aromatic heterocycles. The monoisotopic (exact) mass is 288 g/mol. The molecular formula is C13H24N2O3S. The number of thioether (sulfide) groups is 1. The number of hydrogen-bond donors (Lipinski definition) is 3. The predicted molar refractivity (Wildman–Crippen MR) is 77.5 cm³/mol. The van der Waals surface area contributed by atoms with Gasteiger partial charge in [0, 0.05) is 11.3 Å². The van der Waals surface area contributed by atoms with E-state index in [1.807, 2.05) is 6.26 Å². The van der Waals surface area contributed by atoms with Gasteiger partial charge in [0.15, 0.2) is 0 Å². The third-order valence-electron chi connectivity index (χ3n) is 3.46. The van der Waals surface area contributed by atoms with Gasteiger partial charge >= 0.3 is 12.0 Å². The number of carbonyl (C=O) groups is 2. The summed E-state index contributed by atoms with van der Waals surface area (Å²) in [5.74, 6) is -1.00. The smallest absolute Gasteiger partial charge is 0.326 e. The van der Waals surface area contributed by atoms with E-state index in [1.54, 1.807) is 32.5 Å². The van der Waals surface area contributed by atoms with Gasteiger partial charge in [0.05, 0.1) is 0 Å². The minimum absolute atomic E-state index is 0.143. The van der Waals surface area contributed by atoms with E-state index in [0.29, 0.717) is 5.25 Å². The van der Waals surface area contributed by atoms with Crippen molar-refractivity contribution in [2.45, 2.75) is 57.4 Å². The first-order chi connectivity index (χ1) is 8.75. The maximum absolute atomic E-state index is 11.9. The van der Waals surface area contributed by atoms with Gasteiger partial charge in [-0.25, -0.2) is 9.59 Å². The van der Waals surface area contributed by atoms with Crippen molar-refractivity contribution in [3.8, 4) is 0 Å². The highest BCUT2D eigenvalue weighted by molar-refractivity contribution is 7.99. The van der Waals surface area contributed by atoms with Crippen LogP contribution in [0.4, 0.5) is 4.79 Å². The van der Waals surface area contributed by atoms with Gasteiger partial charge in [-0.15, -0.1) is 0 Å². The highest BCUT2D eigenvalue weighted by Gasteiger charge is 2.34. The highest BCUT2D eigenvalue weighted by Crippen LogP contribution is 2.28. The van der Waals surface area contributed by atoms with E-state index in [9.17, 15) is 14.7 Å². The van der Waals surface area contributed by atoms with E-state index in [0.717, 1.165) is 19.3 Å². The number of hydrogen-bond acceptors (Lipinski definition) is 3. The molecule has 0 radical (unpaired) electrons. The number of rotatable bonds is 4. The van der Waals surface area contributed by atoms with Gasteiger partial charge in [-0.2, -0.15) is 11.8 Å². The molecule has 0 heterocycles. The van der Waals surface area contributed by atoms with Crippen LogP contribution in [-0.4, -0.2) is 40.7 Å². The number of carbonyl (C=O) groups excluding carboxylic acids is 1. The van der Waals surface area contributed by atoms with Crippen LogP contribution in [0.25, 0.3) is 0 Å². The molecule has 5 nitrogen and oxygen atoms in total. The summed E-state index contributed by atoms with van der Waals surface area (Å²) in [5.41, 5.74) is -0.516. The van der Waals surface area contributed by atoms with Crippen LogP contribution in [0.5, 0.6) is 0 Å². The largest absolute Gasteiger partial charge is 0.480 e. The van der Waals surface area contributed by atoms with Gasteiger partial charge in [0.2, 0.25) is 0 Å². The maximum atomic E-state index is 11.9. The standard InChI is InChI=1S/C13H24N2O3S/c1-13(2,3)10(11(16)17)15-12(18)14-8-6-5-7-9(8)19-4/h8-10H,5-7H2,1-4H3,(H,16,17)(H2,14,15,18). The molecule has 0 saturated heterocycles. The summed E-state index contributed by atoms with van der Waals surface area (Å²) in [6, 6.07) is -1.13. The van der Waals surface area contributed by atoms with E-state index in [-0.39, 0.29) is 12.1 Å². The summed E-state index contributed by atoms with van der Waals surface area (Å²) in [5, 5.41) is 15.1. The molecule has 0 aliphatic heterocycles. The molecular weight excluding hydrogens is 264 g/mol. The van der Waals surface area contributed by atoms with Crippen molar-refractivity contribution < 1.29 is 14.7 Å². The van der Waals surface area contributed by atoms with E-state index in [4.69, 9.17) is 0 Å². The molecule has 2 amide bonds. The van der Waals surface area contributed by atoms with Crippen LogP contribution in [0, 0.1) is 5.41 Å². The van der Waals surface area contributed by atoms with E-state index in [2.05, 4.69) is 10.6 Å². The fourth-order valence-corrected chi connectivity index (χ4v) is 3.30. The molecule has 0 bridgehead atoms. The molecule has 6 heteroatoms. The quantitative estimate of drug-likeness (QED) is 0.740. The third kappa shape index (κ3) is 4.60. The molecule has 110 valence electrons. The molecule has 1 fully saturated rings. The lowest BCUT2D eigenvalue weighted by atomic mass is 9.87. The Balaban J connectivity index is 2.56. The Labute approximate surface area is 118 Å². The van der Waals surface area contributed by atoms with Gasteiger partial charge in [-0.05, 0) is 24.5 Å². The van der Waals surface area contributed by atoms with Gasteiger partial charge in [-0.1, -0.05) is 27.2 Å². The van der Waals surface area contributed by atoms with Crippen LogP contribution in [0.15, 0.2) is 0 Å². The minimum Gasteiger partial charge on any atom is -0.480 e. The Bertz CT molecular complexity index is 341. The van der Waals surface area contributed by atoms with Crippen LogP contribution >= 0.6 is 11.8 Å². The second-order valence-electron chi connectivity index (χ2n) is 6.07. The van der Waals surface area contributed by atoms with Gasteiger partial charge in [0.25, 0.3) is 0 Å². The first-order valence-corrected chi connectivity index (χ1v) is 7.87.